The second-order valence-electron chi connectivity index (χ2n) is 5.98. The van der Waals surface area contributed by atoms with Crippen LogP contribution in [0.1, 0.15) is 24.2 Å². The number of halogens is 1. The molecule has 0 saturated heterocycles. The Morgan fingerprint density at radius 2 is 1.92 bits per heavy atom. The molecule has 1 fully saturated rings. The lowest BCUT2D eigenvalue weighted by Crippen LogP contribution is -2.43. The molecule has 1 aliphatic rings. The second kappa shape index (κ2) is 7.09. The predicted octanol–water partition coefficient (Wildman–Crippen LogP) is 2.69. The molecule has 1 aromatic heterocycles. The monoisotopic (exact) mass is 346 g/mol. The van der Waals surface area contributed by atoms with Gasteiger partial charge in [-0.15, -0.1) is 0 Å². The highest BCUT2D eigenvalue weighted by molar-refractivity contribution is 6.30. The maximum Gasteiger partial charge on any atom is 0.236 e. The highest BCUT2D eigenvalue weighted by Crippen LogP contribution is 2.46. The molecule has 3 rings (SSSR count). The van der Waals surface area contributed by atoms with Crippen LogP contribution in [0.3, 0.4) is 0 Å². The third-order valence-corrected chi connectivity index (χ3v) is 4.45. The summed E-state index contributed by atoms with van der Waals surface area (Å²) in [6.07, 6.45) is 3.40. The molecule has 1 aliphatic carbocycles. The Labute approximate surface area is 145 Å². The van der Waals surface area contributed by atoms with Crippen molar-refractivity contribution in [2.75, 3.05) is 6.54 Å². The minimum absolute atomic E-state index is 0.207. The predicted molar refractivity (Wildman–Crippen MR) is 90.4 cm³/mol. The van der Waals surface area contributed by atoms with Gasteiger partial charge in [0.1, 0.15) is 11.2 Å². The molecule has 24 heavy (non-hydrogen) atoms. The number of rotatable bonds is 7. The van der Waals surface area contributed by atoms with Crippen LogP contribution in [0.2, 0.25) is 5.02 Å². The van der Waals surface area contributed by atoms with Crippen LogP contribution in [0, 0.1) is 5.41 Å². The summed E-state index contributed by atoms with van der Waals surface area (Å²) >= 11 is 5.94. The Kier molecular flexibility index (Phi) is 4.90. The minimum Gasteiger partial charge on any atom is -0.467 e. The summed E-state index contributed by atoms with van der Waals surface area (Å²) in [5.74, 6) is 0.223. The number of hydrogen-bond acceptors (Lipinski definition) is 3. The number of nitrogens with one attached hydrogen (secondary N) is 2. The maximum atomic E-state index is 12.4. The first-order valence-corrected chi connectivity index (χ1v) is 8.31. The largest absolute Gasteiger partial charge is 0.467 e. The number of carbonyl (C=O) groups is 2. The van der Waals surface area contributed by atoms with Crippen molar-refractivity contribution in [1.82, 2.24) is 10.6 Å². The molecule has 0 aliphatic heterocycles. The molecule has 1 saturated carbocycles. The molecular formula is C18H19ClN2O3. The normalized spacial score (nSPS) is 14.9. The molecule has 1 heterocycles. The smallest absolute Gasteiger partial charge is 0.236 e. The molecule has 2 aromatic rings. The number of carbonyl (C=O) groups excluding carboxylic acids is 2. The molecule has 0 bridgehead atoms. The van der Waals surface area contributed by atoms with Gasteiger partial charge in [-0.2, -0.15) is 0 Å². The van der Waals surface area contributed by atoms with Crippen LogP contribution >= 0.6 is 11.6 Å². The number of hydrogen-bond donors (Lipinski definition) is 2. The molecule has 126 valence electrons. The van der Waals surface area contributed by atoms with Crippen molar-refractivity contribution >= 4 is 23.4 Å². The quantitative estimate of drug-likeness (QED) is 0.757. The standard InChI is InChI=1S/C18H19ClN2O3/c19-14-4-1-3-13(11-14)6-9-20-16(22)18(7-8-18)17(23)21-12-15-5-2-10-24-15/h1-5,10-11H,6-9,12H2,(H,20,22)(H,21,23). The third-order valence-electron chi connectivity index (χ3n) is 4.21. The Bertz CT molecular complexity index is 724. The van der Waals surface area contributed by atoms with E-state index in [1.165, 1.54) is 0 Å². The summed E-state index contributed by atoms with van der Waals surface area (Å²) in [5.41, 5.74) is 0.135. The summed E-state index contributed by atoms with van der Waals surface area (Å²) in [6.45, 7) is 0.774. The van der Waals surface area contributed by atoms with Gasteiger partial charge in [-0.1, -0.05) is 23.7 Å². The van der Waals surface area contributed by atoms with Crippen molar-refractivity contribution in [3.8, 4) is 0 Å². The fourth-order valence-corrected chi connectivity index (χ4v) is 2.83. The number of furan rings is 1. The summed E-state index contributed by atoms with van der Waals surface area (Å²) < 4.78 is 5.17. The molecule has 2 N–H and O–H groups in total. The highest BCUT2D eigenvalue weighted by atomic mass is 35.5. The Hall–Kier alpha value is -2.27. The topological polar surface area (TPSA) is 71.3 Å². The highest BCUT2D eigenvalue weighted by Gasteiger charge is 2.56. The van der Waals surface area contributed by atoms with E-state index in [0.717, 1.165) is 5.56 Å². The minimum atomic E-state index is -0.916. The van der Waals surface area contributed by atoms with E-state index in [-0.39, 0.29) is 11.8 Å². The molecule has 0 atom stereocenters. The van der Waals surface area contributed by atoms with Crippen molar-refractivity contribution < 1.29 is 14.0 Å². The van der Waals surface area contributed by atoms with E-state index in [9.17, 15) is 9.59 Å². The van der Waals surface area contributed by atoms with E-state index in [4.69, 9.17) is 16.0 Å². The Morgan fingerprint density at radius 3 is 2.58 bits per heavy atom. The van der Waals surface area contributed by atoms with E-state index in [1.807, 2.05) is 24.3 Å². The zero-order valence-electron chi connectivity index (χ0n) is 13.2. The van der Waals surface area contributed by atoms with Gasteiger partial charge in [0.25, 0.3) is 0 Å². The van der Waals surface area contributed by atoms with Crippen LogP contribution in [0.15, 0.2) is 47.1 Å². The molecule has 5 nitrogen and oxygen atoms in total. The average molecular weight is 347 g/mol. The van der Waals surface area contributed by atoms with Crippen molar-refractivity contribution in [3.05, 3.63) is 59.0 Å². The van der Waals surface area contributed by atoms with E-state index >= 15 is 0 Å². The summed E-state index contributed by atoms with van der Waals surface area (Å²) in [5, 5.41) is 6.31. The van der Waals surface area contributed by atoms with Crippen molar-refractivity contribution in [2.24, 2.45) is 5.41 Å². The molecule has 0 radical (unpaired) electrons. The first kappa shape index (κ1) is 16.6. The van der Waals surface area contributed by atoms with Gasteiger partial charge in [-0.25, -0.2) is 0 Å². The summed E-state index contributed by atoms with van der Waals surface area (Å²) in [4.78, 5) is 24.7. The first-order valence-electron chi connectivity index (χ1n) is 7.94. The first-order chi connectivity index (χ1) is 11.6. The van der Waals surface area contributed by atoms with Gasteiger partial charge in [0, 0.05) is 11.6 Å². The number of benzene rings is 1. The lowest BCUT2D eigenvalue weighted by atomic mass is 10.0. The Morgan fingerprint density at radius 1 is 1.12 bits per heavy atom. The zero-order valence-corrected chi connectivity index (χ0v) is 13.9. The van der Waals surface area contributed by atoms with Crippen molar-refractivity contribution in [2.45, 2.75) is 25.8 Å². The van der Waals surface area contributed by atoms with Crippen LogP contribution in [0.5, 0.6) is 0 Å². The van der Waals surface area contributed by atoms with Gasteiger partial charge in [-0.05, 0) is 49.1 Å². The fraction of sp³-hybridized carbons (Fsp3) is 0.333. The van der Waals surface area contributed by atoms with Crippen molar-refractivity contribution in [3.63, 3.8) is 0 Å². The van der Waals surface area contributed by atoms with Gasteiger partial charge in [-0.3, -0.25) is 9.59 Å². The summed E-state index contributed by atoms with van der Waals surface area (Å²) in [6, 6.07) is 11.1. The van der Waals surface area contributed by atoms with Crippen LogP contribution in [0.25, 0.3) is 0 Å². The average Bonchev–Trinajstić information content (AvgIpc) is 3.22. The van der Waals surface area contributed by atoms with E-state index in [0.29, 0.717) is 43.1 Å². The lowest BCUT2D eigenvalue weighted by molar-refractivity contribution is -0.137. The van der Waals surface area contributed by atoms with Gasteiger partial charge in [0.05, 0.1) is 12.8 Å². The Balaban J connectivity index is 1.47. The van der Waals surface area contributed by atoms with Gasteiger partial charge in [0.2, 0.25) is 11.8 Å². The third kappa shape index (κ3) is 3.79. The lowest BCUT2D eigenvalue weighted by Gasteiger charge is -2.15. The van der Waals surface area contributed by atoms with Crippen LogP contribution < -0.4 is 10.6 Å². The molecular weight excluding hydrogens is 328 g/mol. The van der Waals surface area contributed by atoms with Crippen LogP contribution in [-0.4, -0.2) is 18.4 Å². The number of amides is 2. The molecule has 0 unspecified atom stereocenters. The van der Waals surface area contributed by atoms with Gasteiger partial charge in [0.15, 0.2) is 0 Å². The second-order valence-corrected chi connectivity index (χ2v) is 6.42. The van der Waals surface area contributed by atoms with E-state index < -0.39 is 5.41 Å². The fourth-order valence-electron chi connectivity index (χ4n) is 2.61. The molecule has 2 amide bonds. The van der Waals surface area contributed by atoms with Gasteiger partial charge < -0.3 is 15.1 Å². The van der Waals surface area contributed by atoms with Crippen LogP contribution in [-0.2, 0) is 22.6 Å². The zero-order chi connectivity index (χ0) is 17.0. The molecule has 1 aromatic carbocycles. The van der Waals surface area contributed by atoms with E-state index in [2.05, 4.69) is 10.6 Å². The summed E-state index contributed by atoms with van der Waals surface area (Å²) in [7, 11) is 0. The van der Waals surface area contributed by atoms with Gasteiger partial charge >= 0.3 is 0 Å². The molecule has 0 spiro atoms. The molecule has 6 heteroatoms. The van der Waals surface area contributed by atoms with E-state index in [1.54, 1.807) is 18.4 Å². The SMILES string of the molecule is O=C(NCCc1cccc(Cl)c1)C1(C(=O)NCc2ccco2)CC1. The van der Waals surface area contributed by atoms with Crippen LogP contribution in [0.4, 0.5) is 0 Å². The van der Waals surface area contributed by atoms with Crippen molar-refractivity contribution in [1.29, 1.82) is 0 Å². The maximum absolute atomic E-state index is 12.4.